The molecule has 0 N–H and O–H groups in total. The molecule has 5 heteroatoms. The standard InChI is InChI=1S/C16H20N2O3/c1-10-8-6-7-9-14(10)11(2)18(20-5)16(19)15-12(3)21-13(4)17-15/h6-9,11H,1-5H3. The lowest BCUT2D eigenvalue weighted by Crippen LogP contribution is -2.33. The summed E-state index contributed by atoms with van der Waals surface area (Å²) in [4.78, 5) is 22.1. The van der Waals surface area contributed by atoms with Gasteiger partial charge in [-0.1, -0.05) is 24.3 Å². The van der Waals surface area contributed by atoms with E-state index in [-0.39, 0.29) is 17.6 Å². The monoisotopic (exact) mass is 288 g/mol. The summed E-state index contributed by atoms with van der Waals surface area (Å²) in [5.41, 5.74) is 2.42. The molecule has 1 heterocycles. The lowest BCUT2D eigenvalue weighted by molar-refractivity contribution is -0.121. The van der Waals surface area contributed by atoms with Crippen molar-refractivity contribution < 1.29 is 14.0 Å². The van der Waals surface area contributed by atoms with Gasteiger partial charge < -0.3 is 4.42 Å². The van der Waals surface area contributed by atoms with Crippen molar-refractivity contribution in [2.75, 3.05) is 7.11 Å². The molecule has 5 nitrogen and oxygen atoms in total. The predicted octanol–water partition coefficient (Wildman–Crippen LogP) is 3.36. The van der Waals surface area contributed by atoms with E-state index in [9.17, 15) is 4.79 Å². The molecule has 1 amide bonds. The van der Waals surface area contributed by atoms with E-state index in [0.717, 1.165) is 11.1 Å². The van der Waals surface area contributed by atoms with Gasteiger partial charge in [-0.25, -0.2) is 10.0 Å². The molecule has 0 aliphatic heterocycles. The summed E-state index contributed by atoms with van der Waals surface area (Å²) in [6, 6.07) is 7.69. The number of aromatic nitrogens is 1. The smallest absolute Gasteiger partial charge is 0.300 e. The fourth-order valence-corrected chi connectivity index (χ4v) is 2.43. The largest absolute Gasteiger partial charge is 0.445 e. The van der Waals surface area contributed by atoms with Crippen LogP contribution in [0.5, 0.6) is 0 Å². The van der Waals surface area contributed by atoms with Crippen molar-refractivity contribution in [2.45, 2.75) is 33.7 Å². The average molecular weight is 288 g/mol. The maximum absolute atomic E-state index is 12.6. The maximum atomic E-state index is 12.6. The van der Waals surface area contributed by atoms with Gasteiger partial charge in [0.2, 0.25) is 0 Å². The number of hydrogen-bond donors (Lipinski definition) is 0. The highest BCUT2D eigenvalue weighted by molar-refractivity contribution is 5.92. The van der Waals surface area contributed by atoms with Gasteiger partial charge in [-0.2, -0.15) is 0 Å². The van der Waals surface area contributed by atoms with Crippen LogP contribution in [-0.4, -0.2) is 23.1 Å². The van der Waals surface area contributed by atoms with Crippen molar-refractivity contribution in [3.8, 4) is 0 Å². The molecule has 2 rings (SSSR count). The molecule has 0 radical (unpaired) electrons. The van der Waals surface area contributed by atoms with Crippen LogP contribution in [0.15, 0.2) is 28.7 Å². The first-order valence-corrected chi connectivity index (χ1v) is 6.83. The number of hydrogen-bond acceptors (Lipinski definition) is 4. The van der Waals surface area contributed by atoms with E-state index < -0.39 is 0 Å². The number of amides is 1. The molecule has 1 aromatic carbocycles. The number of carbonyl (C=O) groups excluding carboxylic acids is 1. The summed E-state index contributed by atoms with van der Waals surface area (Å²) in [7, 11) is 1.48. The van der Waals surface area contributed by atoms with E-state index in [1.54, 1.807) is 13.8 Å². The highest BCUT2D eigenvalue weighted by Crippen LogP contribution is 2.25. The third kappa shape index (κ3) is 2.97. The molecule has 0 saturated heterocycles. The molecule has 0 aliphatic carbocycles. The summed E-state index contributed by atoms with van der Waals surface area (Å²) in [6.45, 7) is 7.37. The number of oxazole rings is 1. The maximum Gasteiger partial charge on any atom is 0.300 e. The van der Waals surface area contributed by atoms with E-state index in [1.165, 1.54) is 12.2 Å². The molecule has 1 atom stereocenters. The van der Waals surface area contributed by atoms with Gasteiger partial charge in [0.05, 0.1) is 13.2 Å². The third-order valence-electron chi connectivity index (χ3n) is 3.49. The van der Waals surface area contributed by atoms with E-state index in [0.29, 0.717) is 11.7 Å². The second-order valence-corrected chi connectivity index (χ2v) is 4.98. The fraction of sp³-hybridized carbons (Fsp3) is 0.375. The Kier molecular flexibility index (Phi) is 4.43. The van der Waals surface area contributed by atoms with Crippen LogP contribution in [-0.2, 0) is 4.84 Å². The lowest BCUT2D eigenvalue weighted by Gasteiger charge is -2.27. The molecule has 0 saturated carbocycles. The van der Waals surface area contributed by atoms with Gasteiger partial charge in [0.25, 0.3) is 5.91 Å². The first-order valence-electron chi connectivity index (χ1n) is 6.83. The van der Waals surface area contributed by atoms with Crippen LogP contribution in [0.3, 0.4) is 0 Å². The molecule has 21 heavy (non-hydrogen) atoms. The second-order valence-electron chi connectivity index (χ2n) is 4.98. The summed E-state index contributed by atoms with van der Waals surface area (Å²) >= 11 is 0. The molecule has 0 aliphatic rings. The Morgan fingerprint density at radius 1 is 1.29 bits per heavy atom. The number of carbonyl (C=O) groups is 1. The SMILES string of the molecule is CON(C(=O)c1nc(C)oc1C)C(C)c1ccccc1C. The van der Waals surface area contributed by atoms with E-state index in [2.05, 4.69) is 4.98 Å². The van der Waals surface area contributed by atoms with Gasteiger partial charge >= 0.3 is 0 Å². The molecular formula is C16H20N2O3. The highest BCUT2D eigenvalue weighted by atomic mass is 16.7. The molecule has 1 unspecified atom stereocenters. The summed E-state index contributed by atoms with van der Waals surface area (Å²) in [6.07, 6.45) is 0. The van der Waals surface area contributed by atoms with E-state index in [4.69, 9.17) is 9.25 Å². The summed E-state index contributed by atoms with van der Waals surface area (Å²) in [5.74, 6) is 0.662. The van der Waals surface area contributed by atoms with Crippen LogP contribution >= 0.6 is 0 Å². The van der Waals surface area contributed by atoms with Gasteiger partial charge in [-0.3, -0.25) is 9.63 Å². The van der Waals surface area contributed by atoms with Crippen molar-refractivity contribution >= 4 is 5.91 Å². The number of hydroxylamine groups is 2. The Hall–Kier alpha value is -2.14. The number of benzene rings is 1. The Bertz CT molecular complexity index is 649. The normalized spacial score (nSPS) is 12.2. The lowest BCUT2D eigenvalue weighted by atomic mass is 10.0. The average Bonchev–Trinajstić information content (AvgIpc) is 2.78. The van der Waals surface area contributed by atoms with Crippen LogP contribution in [0.4, 0.5) is 0 Å². The molecular weight excluding hydrogens is 268 g/mol. The molecule has 2 aromatic rings. The minimum absolute atomic E-state index is 0.222. The Morgan fingerprint density at radius 2 is 1.95 bits per heavy atom. The van der Waals surface area contributed by atoms with Crippen LogP contribution in [0, 0.1) is 20.8 Å². The minimum atomic E-state index is -0.303. The Morgan fingerprint density at radius 3 is 2.48 bits per heavy atom. The van der Waals surface area contributed by atoms with Crippen molar-refractivity contribution in [2.24, 2.45) is 0 Å². The van der Waals surface area contributed by atoms with E-state index >= 15 is 0 Å². The second kappa shape index (κ2) is 6.10. The molecule has 1 aromatic heterocycles. The van der Waals surface area contributed by atoms with Gasteiger partial charge in [-0.15, -0.1) is 0 Å². The van der Waals surface area contributed by atoms with Gasteiger partial charge in [0.15, 0.2) is 11.6 Å². The fourth-order valence-electron chi connectivity index (χ4n) is 2.43. The summed E-state index contributed by atoms with van der Waals surface area (Å²) < 4.78 is 5.33. The van der Waals surface area contributed by atoms with Gasteiger partial charge in [-0.05, 0) is 31.9 Å². The topological polar surface area (TPSA) is 55.6 Å². The highest BCUT2D eigenvalue weighted by Gasteiger charge is 2.28. The van der Waals surface area contributed by atoms with Crippen molar-refractivity contribution in [3.05, 3.63) is 52.7 Å². The number of rotatable bonds is 4. The van der Waals surface area contributed by atoms with Gasteiger partial charge in [0, 0.05) is 6.92 Å². The van der Waals surface area contributed by atoms with E-state index in [1.807, 2.05) is 38.1 Å². The Balaban J connectivity index is 2.33. The van der Waals surface area contributed by atoms with Crippen molar-refractivity contribution in [1.29, 1.82) is 0 Å². The molecule has 0 bridgehead atoms. The molecule has 0 spiro atoms. The first kappa shape index (κ1) is 15.3. The Labute approximate surface area is 124 Å². The molecule has 112 valence electrons. The summed E-state index contributed by atoms with van der Waals surface area (Å²) in [5, 5.41) is 1.33. The van der Waals surface area contributed by atoms with Gasteiger partial charge in [0.1, 0.15) is 5.76 Å². The van der Waals surface area contributed by atoms with Crippen molar-refractivity contribution in [3.63, 3.8) is 0 Å². The zero-order valence-electron chi connectivity index (χ0n) is 13.0. The van der Waals surface area contributed by atoms with Crippen LogP contribution in [0.1, 0.15) is 46.2 Å². The quantitative estimate of drug-likeness (QED) is 0.809. The van der Waals surface area contributed by atoms with Crippen molar-refractivity contribution in [1.82, 2.24) is 10.0 Å². The predicted molar refractivity (Wildman–Crippen MR) is 78.7 cm³/mol. The zero-order chi connectivity index (χ0) is 15.6. The van der Waals surface area contributed by atoms with Crippen LogP contribution in [0.25, 0.3) is 0 Å². The zero-order valence-corrected chi connectivity index (χ0v) is 13.0. The van der Waals surface area contributed by atoms with Crippen LogP contribution < -0.4 is 0 Å². The molecule has 0 fully saturated rings. The third-order valence-corrected chi connectivity index (χ3v) is 3.49. The number of aryl methyl sites for hydroxylation is 3. The number of nitrogens with zero attached hydrogens (tertiary/aromatic N) is 2. The van der Waals surface area contributed by atoms with Crippen LogP contribution in [0.2, 0.25) is 0 Å². The first-order chi connectivity index (χ1) is 9.95. The minimum Gasteiger partial charge on any atom is -0.445 e.